The van der Waals surface area contributed by atoms with Gasteiger partial charge < -0.3 is 14.6 Å². The maximum absolute atomic E-state index is 4.70. The highest BCUT2D eigenvalue weighted by atomic mass is 16.6. The Kier molecular flexibility index (Phi) is 3.71. The highest BCUT2D eigenvalue weighted by Crippen LogP contribution is 1.95. The van der Waals surface area contributed by atoms with Crippen molar-refractivity contribution < 1.29 is 4.84 Å². The largest absolute Gasteiger partial charge is 0.355 e. The van der Waals surface area contributed by atoms with Crippen molar-refractivity contribution in [1.82, 2.24) is 15.3 Å². The number of piperazine rings is 1. The minimum atomic E-state index is 0.997. The molecule has 0 saturated carbocycles. The van der Waals surface area contributed by atoms with Crippen LogP contribution in [0.5, 0.6) is 0 Å². The molecule has 0 radical (unpaired) electrons. The van der Waals surface area contributed by atoms with Gasteiger partial charge in [0.25, 0.3) is 0 Å². The molecule has 4 nitrogen and oxygen atoms in total. The summed E-state index contributed by atoms with van der Waals surface area (Å²) in [5, 5.41) is 0. The fraction of sp³-hybridized carbons (Fsp3) is 0.750. The molecule has 12 heavy (non-hydrogen) atoms. The summed E-state index contributed by atoms with van der Waals surface area (Å²) in [6.07, 6.45) is 2.57. The van der Waals surface area contributed by atoms with Crippen LogP contribution in [0, 0.1) is 12.2 Å². The van der Waals surface area contributed by atoms with Crippen molar-refractivity contribution in [2.45, 2.75) is 0 Å². The van der Waals surface area contributed by atoms with Gasteiger partial charge in [0.05, 0.1) is 6.04 Å². The lowest BCUT2D eigenvalue weighted by molar-refractivity contribution is 0.175. The number of hydrogen-bond donors (Lipinski definition) is 1. The second-order valence-corrected chi connectivity index (χ2v) is 2.81. The summed E-state index contributed by atoms with van der Waals surface area (Å²) >= 11 is 0. The number of hydroxylamine groups is 1. The molecule has 1 aliphatic rings. The van der Waals surface area contributed by atoms with Crippen molar-refractivity contribution in [2.24, 2.45) is 0 Å². The third-order valence-corrected chi connectivity index (χ3v) is 1.86. The quantitative estimate of drug-likeness (QED) is 0.415. The lowest BCUT2D eigenvalue weighted by Crippen LogP contribution is -2.42. The van der Waals surface area contributed by atoms with Crippen LogP contribution in [0.1, 0.15) is 0 Å². The van der Waals surface area contributed by atoms with E-state index >= 15 is 0 Å². The molecule has 0 aliphatic carbocycles. The number of likely N-dealkylation sites (N-methyl/N-ethyl adjacent to an activating group) is 1. The van der Waals surface area contributed by atoms with Gasteiger partial charge >= 0.3 is 0 Å². The Morgan fingerprint density at radius 2 is 1.92 bits per heavy atom. The van der Waals surface area contributed by atoms with E-state index < -0.39 is 0 Å². The van der Waals surface area contributed by atoms with E-state index in [9.17, 15) is 0 Å². The molecule has 0 aromatic heterocycles. The highest BCUT2D eigenvalue weighted by molar-refractivity contribution is 4.93. The molecular formula is C8H15N3O. The van der Waals surface area contributed by atoms with Crippen LogP contribution < -0.4 is 5.48 Å². The van der Waals surface area contributed by atoms with Crippen molar-refractivity contribution in [3.8, 4) is 12.2 Å². The van der Waals surface area contributed by atoms with Gasteiger partial charge in [0.2, 0.25) is 0 Å². The Morgan fingerprint density at radius 3 is 2.50 bits per heavy atom. The molecule has 1 aliphatic heterocycles. The Balaban J connectivity index is 2.22. The number of nitrogens with one attached hydrogen (secondary N) is 1. The van der Waals surface area contributed by atoms with Gasteiger partial charge in [-0.25, -0.2) is 0 Å². The molecule has 1 saturated heterocycles. The van der Waals surface area contributed by atoms with Crippen LogP contribution >= 0.6 is 0 Å². The fourth-order valence-electron chi connectivity index (χ4n) is 1.06. The van der Waals surface area contributed by atoms with Crippen molar-refractivity contribution in [2.75, 3.05) is 40.3 Å². The third-order valence-electron chi connectivity index (χ3n) is 1.86. The van der Waals surface area contributed by atoms with Crippen molar-refractivity contribution >= 4 is 0 Å². The second kappa shape index (κ2) is 4.86. The molecular weight excluding hydrogens is 154 g/mol. The van der Waals surface area contributed by atoms with Gasteiger partial charge in [-0.15, -0.1) is 5.48 Å². The molecule has 1 N–H and O–H groups in total. The Labute approximate surface area is 73.4 Å². The van der Waals surface area contributed by atoms with Crippen LogP contribution in [0.4, 0.5) is 0 Å². The second-order valence-electron chi connectivity index (χ2n) is 2.81. The standard InChI is InChI=1S/C8H15N3O/c1-9-12-8-7-11-5-3-10(2)4-6-11/h9H,3-6H2,1-2H3. The molecule has 68 valence electrons. The first-order chi connectivity index (χ1) is 5.83. The van der Waals surface area contributed by atoms with Gasteiger partial charge in [-0.3, -0.25) is 0 Å². The summed E-state index contributed by atoms with van der Waals surface area (Å²) < 4.78 is 0. The molecule has 0 unspecified atom stereocenters. The van der Waals surface area contributed by atoms with E-state index in [0.717, 1.165) is 26.2 Å². The monoisotopic (exact) mass is 169 g/mol. The minimum Gasteiger partial charge on any atom is -0.355 e. The summed E-state index contributed by atoms with van der Waals surface area (Å²) in [7, 11) is 3.81. The van der Waals surface area contributed by atoms with Gasteiger partial charge in [-0.1, -0.05) is 0 Å². The topological polar surface area (TPSA) is 27.7 Å². The van der Waals surface area contributed by atoms with Crippen LogP contribution in [0.3, 0.4) is 0 Å². The first-order valence-electron chi connectivity index (χ1n) is 4.09. The molecule has 0 atom stereocenters. The lowest BCUT2D eigenvalue weighted by atomic mass is 10.3. The number of rotatable bonds is 1. The molecule has 4 heteroatoms. The summed E-state index contributed by atoms with van der Waals surface area (Å²) in [5.41, 5.74) is 2.51. The van der Waals surface area contributed by atoms with Gasteiger partial charge in [0, 0.05) is 33.2 Å². The van der Waals surface area contributed by atoms with Gasteiger partial charge in [-0.05, 0) is 7.05 Å². The number of nitrogens with zero attached hydrogens (tertiary/aromatic N) is 2. The van der Waals surface area contributed by atoms with Crippen LogP contribution in [0.15, 0.2) is 0 Å². The predicted octanol–water partition coefficient (Wildman–Crippen LogP) is -0.697. The normalized spacial score (nSPS) is 18.3. The van der Waals surface area contributed by atoms with Crippen LogP contribution in [-0.4, -0.2) is 50.1 Å². The summed E-state index contributed by atoms with van der Waals surface area (Å²) in [6, 6.07) is 2.92. The molecule has 0 bridgehead atoms. The minimum absolute atomic E-state index is 0.997. The van der Waals surface area contributed by atoms with E-state index in [1.54, 1.807) is 7.05 Å². The zero-order valence-electron chi connectivity index (χ0n) is 7.63. The van der Waals surface area contributed by atoms with E-state index in [1.165, 1.54) is 0 Å². The number of hydrogen-bond acceptors (Lipinski definition) is 4. The van der Waals surface area contributed by atoms with Crippen LogP contribution in [0.25, 0.3) is 0 Å². The first-order valence-corrected chi connectivity index (χ1v) is 4.09. The zero-order valence-corrected chi connectivity index (χ0v) is 7.63. The Morgan fingerprint density at radius 1 is 1.25 bits per heavy atom. The van der Waals surface area contributed by atoms with E-state index in [4.69, 9.17) is 4.84 Å². The summed E-state index contributed by atoms with van der Waals surface area (Å²) in [4.78, 5) is 9.05. The molecule has 0 aromatic carbocycles. The highest BCUT2D eigenvalue weighted by Gasteiger charge is 2.09. The van der Waals surface area contributed by atoms with E-state index in [-0.39, 0.29) is 0 Å². The van der Waals surface area contributed by atoms with E-state index in [2.05, 4.69) is 34.5 Å². The molecule has 1 rings (SSSR count). The van der Waals surface area contributed by atoms with Gasteiger partial charge in [0.15, 0.2) is 6.11 Å². The molecule has 1 fully saturated rings. The SMILES string of the molecule is CNOC#CN1CCN(C)CC1. The summed E-state index contributed by atoms with van der Waals surface area (Å²) in [5.74, 6) is 0. The summed E-state index contributed by atoms with van der Waals surface area (Å²) in [6.45, 7) is 4.15. The van der Waals surface area contributed by atoms with E-state index in [1.807, 2.05) is 0 Å². The average molecular weight is 169 g/mol. The molecule has 0 amide bonds. The lowest BCUT2D eigenvalue weighted by Gasteiger charge is -2.29. The zero-order chi connectivity index (χ0) is 8.81. The Hall–Kier alpha value is -0.920. The maximum atomic E-state index is 4.70. The fourth-order valence-corrected chi connectivity index (χ4v) is 1.06. The molecule has 0 spiro atoms. The van der Waals surface area contributed by atoms with Gasteiger partial charge in [-0.2, -0.15) is 0 Å². The Bertz CT molecular complexity index is 176. The van der Waals surface area contributed by atoms with Crippen LogP contribution in [0.2, 0.25) is 0 Å². The van der Waals surface area contributed by atoms with Crippen molar-refractivity contribution in [1.29, 1.82) is 0 Å². The average Bonchev–Trinajstić information content (AvgIpc) is 2.09. The molecule has 0 aromatic rings. The first kappa shape index (κ1) is 9.17. The van der Waals surface area contributed by atoms with Crippen molar-refractivity contribution in [3.63, 3.8) is 0 Å². The maximum Gasteiger partial charge on any atom is 0.160 e. The van der Waals surface area contributed by atoms with Gasteiger partial charge in [0.1, 0.15) is 0 Å². The smallest absolute Gasteiger partial charge is 0.160 e. The third kappa shape index (κ3) is 2.99. The molecule has 1 heterocycles. The van der Waals surface area contributed by atoms with E-state index in [0.29, 0.717) is 0 Å². The van der Waals surface area contributed by atoms with Crippen LogP contribution in [-0.2, 0) is 4.84 Å². The van der Waals surface area contributed by atoms with Crippen molar-refractivity contribution in [3.05, 3.63) is 0 Å². The predicted molar refractivity (Wildman–Crippen MR) is 47.0 cm³/mol.